The van der Waals surface area contributed by atoms with Gasteiger partial charge in [0.05, 0.1) is 11.8 Å². The molecule has 4 rings (SSSR count). The highest BCUT2D eigenvalue weighted by atomic mass is 19.1. The van der Waals surface area contributed by atoms with Crippen LogP contribution in [0, 0.1) is 23.4 Å². The van der Waals surface area contributed by atoms with Crippen LogP contribution in [0.1, 0.15) is 43.0 Å². The number of hydrogen-bond donors (Lipinski definition) is 3. The minimum Gasteiger partial charge on any atom is -0.383 e. The van der Waals surface area contributed by atoms with E-state index in [9.17, 15) is 13.2 Å². The number of nitrogens with two attached hydrogens (primary N) is 2. The van der Waals surface area contributed by atoms with Crippen molar-refractivity contribution in [3.8, 4) is 11.4 Å². The minimum absolute atomic E-state index is 0.0659. The Bertz CT molecular complexity index is 1210. The highest BCUT2D eigenvalue weighted by Gasteiger charge is 2.29. The molecule has 0 saturated heterocycles. The molecule has 1 aliphatic rings. The molecule has 9 heteroatoms. The van der Waals surface area contributed by atoms with Crippen LogP contribution in [0.15, 0.2) is 59.9 Å². The van der Waals surface area contributed by atoms with Crippen molar-refractivity contribution < 1.29 is 13.2 Å². The van der Waals surface area contributed by atoms with E-state index in [0.29, 0.717) is 18.0 Å². The Kier molecular flexibility index (Phi) is 7.55. The van der Waals surface area contributed by atoms with Crippen LogP contribution < -0.4 is 16.8 Å². The average Bonchev–Trinajstić information content (AvgIpc) is 3.17. The van der Waals surface area contributed by atoms with Crippen molar-refractivity contribution in [1.29, 1.82) is 0 Å². The summed E-state index contributed by atoms with van der Waals surface area (Å²) in [6.45, 7) is 4.64. The molecular formula is C26H29F3N6. The van der Waals surface area contributed by atoms with E-state index in [-0.39, 0.29) is 47.1 Å². The van der Waals surface area contributed by atoms with Gasteiger partial charge in [0.15, 0.2) is 0 Å². The number of benzene rings is 2. The summed E-state index contributed by atoms with van der Waals surface area (Å²) in [5, 5.41) is 2.94. The molecule has 5 N–H and O–H groups in total. The molecule has 0 radical (unpaired) electrons. The van der Waals surface area contributed by atoms with Crippen LogP contribution in [0.2, 0.25) is 0 Å². The van der Waals surface area contributed by atoms with Gasteiger partial charge in [-0.1, -0.05) is 30.8 Å². The van der Waals surface area contributed by atoms with Gasteiger partial charge < -0.3 is 21.4 Å². The lowest BCUT2D eigenvalue weighted by molar-refractivity contribution is 0.282. The smallest absolute Gasteiger partial charge is 0.148 e. The predicted octanol–water partition coefficient (Wildman–Crippen LogP) is 4.92. The second-order valence-electron chi connectivity index (χ2n) is 8.73. The number of nitrogen functional groups attached to an aromatic ring is 1. The van der Waals surface area contributed by atoms with Gasteiger partial charge in [0.2, 0.25) is 0 Å². The number of halogens is 3. The van der Waals surface area contributed by atoms with Crippen LogP contribution in [0.3, 0.4) is 0 Å². The summed E-state index contributed by atoms with van der Waals surface area (Å²) in [4.78, 5) is 8.73. The molecule has 0 unspecified atom stereocenters. The molecule has 184 valence electrons. The van der Waals surface area contributed by atoms with Crippen molar-refractivity contribution in [3.63, 3.8) is 0 Å². The van der Waals surface area contributed by atoms with Gasteiger partial charge in [-0.05, 0) is 56.3 Å². The molecule has 1 fully saturated rings. The molecule has 1 saturated carbocycles. The number of imidazole rings is 1. The summed E-state index contributed by atoms with van der Waals surface area (Å²) in [5.41, 5.74) is 12.8. The zero-order valence-electron chi connectivity index (χ0n) is 19.4. The monoisotopic (exact) mass is 482 g/mol. The van der Waals surface area contributed by atoms with E-state index >= 15 is 0 Å². The van der Waals surface area contributed by atoms with Gasteiger partial charge in [-0.2, -0.15) is 0 Å². The van der Waals surface area contributed by atoms with Gasteiger partial charge in [0, 0.05) is 18.2 Å². The maximum absolute atomic E-state index is 14.7. The number of hydrogen-bond acceptors (Lipinski definition) is 5. The number of rotatable bonds is 8. The highest BCUT2D eigenvalue weighted by Crippen LogP contribution is 2.38. The first kappa shape index (κ1) is 24.5. The number of nitrogens with one attached hydrogen (secondary N) is 1. The molecule has 6 nitrogen and oxygen atoms in total. The number of anilines is 1. The Morgan fingerprint density at radius 1 is 1.06 bits per heavy atom. The van der Waals surface area contributed by atoms with E-state index in [1.165, 1.54) is 30.5 Å². The summed E-state index contributed by atoms with van der Waals surface area (Å²) >= 11 is 0. The molecule has 1 heterocycles. The Hall–Kier alpha value is -3.59. The zero-order chi connectivity index (χ0) is 24.9. The summed E-state index contributed by atoms with van der Waals surface area (Å²) in [5.74, 6) is -0.678. The number of aliphatic imine (C=N–C) groups is 1. The molecule has 1 aromatic heterocycles. The fraction of sp³-hybridized carbons (Fsp3) is 0.308. The maximum Gasteiger partial charge on any atom is 0.148 e. The van der Waals surface area contributed by atoms with Crippen molar-refractivity contribution in [2.24, 2.45) is 16.6 Å². The molecule has 0 bridgehead atoms. The average molecular weight is 483 g/mol. The van der Waals surface area contributed by atoms with Crippen molar-refractivity contribution in [3.05, 3.63) is 83.6 Å². The fourth-order valence-electron chi connectivity index (χ4n) is 4.48. The topological polar surface area (TPSA) is 94.2 Å². The minimum atomic E-state index is -0.716. The van der Waals surface area contributed by atoms with Crippen molar-refractivity contribution in [2.75, 3.05) is 12.3 Å². The van der Waals surface area contributed by atoms with Gasteiger partial charge in [0.1, 0.15) is 40.6 Å². The van der Waals surface area contributed by atoms with Crippen LogP contribution in [0.4, 0.5) is 19.0 Å². The molecule has 0 atom stereocenters. The predicted molar refractivity (Wildman–Crippen MR) is 132 cm³/mol. The Balaban J connectivity index is 1.62. The van der Waals surface area contributed by atoms with E-state index in [2.05, 4.69) is 21.9 Å². The van der Waals surface area contributed by atoms with Gasteiger partial charge in [0.25, 0.3) is 0 Å². The van der Waals surface area contributed by atoms with Crippen LogP contribution in [-0.4, -0.2) is 22.3 Å². The van der Waals surface area contributed by atoms with Crippen LogP contribution in [0.25, 0.3) is 11.4 Å². The number of aromatic nitrogens is 2. The first-order chi connectivity index (χ1) is 16.9. The Morgan fingerprint density at radius 2 is 1.71 bits per heavy atom. The molecule has 3 aromatic rings. The van der Waals surface area contributed by atoms with Crippen LogP contribution in [-0.2, 0) is 6.54 Å². The Morgan fingerprint density at radius 3 is 2.37 bits per heavy atom. The molecule has 35 heavy (non-hydrogen) atoms. The maximum atomic E-state index is 14.7. The fourth-order valence-corrected chi connectivity index (χ4v) is 4.48. The molecule has 2 aromatic carbocycles. The largest absolute Gasteiger partial charge is 0.383 e. The first-order valence-electron chi connectivity index (χ1n) is 11.6. The van der Waals surface area contributed by atoms with Crippen molar-refractivity contribution >= 4 is 12.0 Å². The van der Waals surface area contributed by atoms with Gasteiger partial charge in [-0.15, -0.1) is 0 Å². The quantitative estimate of drug-likeness (QED) is 0.397. The summed E-state index contributed by atoms with van der Waals surface area (Å²) in [6, 6.07) is 10.0. The van der Waals surface area contributed by atoms with E-state index < -0.39 is 11.6 Å². The second-order valence-corrected chi connectivity index (χ2v) is 8.73. The van der Waals surface area contributed by atoms with Crippen LogP contribution >= 0.6 is 0 Å². The summed E-state index contributed by atoms with van der Waals surface area (Å²) in [6.07, 6.45) is 4.75. The highest BCUT2D eigenvalue weighted by molar-refractivity contribution is 5.86. The molecule has 0 amide bonds. The van der Waals surface area contributed by atoms with Gasteiger partial charge in [-0.3, -0.25) is 0 Å². The third-order valence-corrected chi connectivity index (χ3v) is 6.46. The lowest BCUT2D eigenvalue weighted by atomic mass is 9.86. The summed E-state index contributed by atoms with van der Waals surface area (Å²) < 4.78 is 45.0. The summed E-state index contributed by atoms with van der Waals surface area (Å²) in [7, 11) is 0. The molecular weight excluding hydrogens is 453 g/mol. The SMILES string of the molecule is C=C(N=Cc1nc(-c2c(F)cccc2F)n(C2CCC(CN)CC2)c1N)NCc1ccccc1F. The second kappa shape index (κ2) is 10.8. The number of nitrogens with zero attached hydrogens (tertiary/aromatic N) is 3. The first-order valence-corrected chi connectivity index (χ1v) is 11.6. The van der Waals surface area contributed by atoms with E-state index in [0.717, 1.165) is 25.7 Å². The van der Waals surface area contributed by atoms with E-state index in [1.54, 1.807) is 22.8 Å². The van der Waals surface area contributed by atoms with Gasteiger partial charge in [-0.25, -0.2) is 23.1 Å². The Labute approximate surface area is 202 Å². The normalized spacial score (nSPS) is 18.2. The lowest BCUT2D eigenvalue weighted by Crippen LogP contribution is -2.24. The van der Waals surface area contributed by atoms with E-state index in [4.69, 9.17) is 11.5 Å². The van der Waals surface area contributed by atoms with Crippen LogP contribution in [0.5, 0.6) is 0 Å². The third-order valence-electron chi connectivity index (χ3n) is 6.46. The molecule has 1 aliphatic carbocycles. The van der Waals surface area contributed by atoms with Gasteiger partial charge >= 0.3 is 0 Å². The lowest BCUT2D eigenvalue weighted by Gasteiger charge is -2.30. The third kappa shape index (κ3) is 5.40. The standard InChI is InChI=1S/C26H29F3N6/c1-16(32-14-18-5-2-3-6-20(18)27)33-15-23-25(31)35(19-11-9-17(13-30)10-12-19)26(34-23)24-21(28)7-4-8-22(24)29/h2-8,15,17,19,32H,1,9-14,30-31H2. The molecule has 0 spiro atoms. The van der Waals surface area contributed by atoms with Crippen molar-refractivity contribution in [2.45, 2.75) is 38.3 Å². The molecule has 0 aliphatic heterocycles. The zero-order valence-corrected chi connectivity index (χ0v) is 19.4. The van der Waals surface area contributed by atoms with E-state index in [1.807, 2.05) is 0 Å². The van der Waals surface area contributed by atoms with Crippen molar-refractivity contribution in [1.82, 2.24) is 14.9 Å².